The highest BCUT2D eigenvalue weighted by Crippen LogP contribution is 2.27. The molecule has 1 fully saturated rings. The van der Waals surface area contributed by atoms with Gasteiger partial charge < -0.3 is 15.3 Å². The van der Waals surface area contributed by atoms with Gasteiger partial charge in [0.25, 0.3) is 0 Å². The van der Waals surface area contributed by atoms with Crippen molar-refractivity contribution in [3.05, 3.63) is 24.3 Å². The van der Waals surface area contributed by atoms with E-state index in [1.165, 1.54) is 11.8 Å². The first-order chi connectivity index (χ1) is 12.1. The average Bonchev–Trinajstić information content (AvgIpc) is 2.63. The fourth-order valence-electron chi connectivity index (χ4n) is 2.57. The highest BCUT2D eigenvalue weighted by molar-refractivity contribution is 7.99. The van der Waals surface area contributed by atoms with Gasteiger partial charge in [0, 0.05) is 37.5 Å². The predicted molar refractivity (Wildman–Crippen MR) is 99.2 cm³/mol. The molecular formula is C17H24N4O3S. The van der Waals surface area contributed by atoms with E-state index < -0.39 is 0 Å². The number of hydrogen-bond donors (Lipinski definition) is 2. The third-order valence-corrected chi connectivity index (χ3v) is 4.90. The minimum atomic E-state index is -0.121. The van der Waals surface area contributed by atoms with Crippen LogP contribution in [0.2, 0.25) is 0 Å². The van der Waals surface area contributed by atoms with Crippen molar-refractivity contribution < 1.29 is 14.7 Å². The summed E-state index contributed by atoms with van der Waals surface area (Å²) in [5.74, 6) is 0.407. The Morgan fingerprint density at radius 2 is 1.96 bits per heavy atom. The van der Waals surface area contributed by atoms with Crippen molar-refractivity contribution in [2.24, 2.45) is 4.99 Å². The van der Waals surface area contributed by atoms with Gasteiger partial charge in [0.05, 0.1) is 24.7 Å². The molecule has 0 bridgehead atoms. The molecule has 1 aromatic carbocycles. The molecule has 1 aliphatic rings. The molecule has 1 heterocycles. The number of nitrogens with zero attached hydrogens (tertiary/aromatic N) is 3. The number of benzene rings is 1. The molecule has 1 aromatic rings. The third kappa shape index (κ3) is 6.15. The van der Waals surface area contributed by atoms with E-state index in [1.807, 2.05) is 29.2 Å². The van der Waals surface area contributed by atoms with Crippen LogP contribution in [0.1, 0.15) is 6.42 Å². The van der Waals surface area contributed by atoms with Crippen LogP contribution in [0, 0.1) is 0 Å². The Labute approximate surface area is 152 Å². The molecule has 0 aliphatic carbocycles. The highest BCUT2D eigenvalue weighted by Gasteiger charge is 2.21. The van der Waals surface area contributed by atoms with E-state index in [4.69, 9.17) is 5.11 Å². The van der Waals surface area contributed by atoms with Gasteiger partial charge in [-0.1, -0.05) is 12.1 Å². The summed E-state index contributed by atoms with van der Waals surface area (Å²) in [4.78, 5) is 32.5. The van der Waals surface area contributed by atoms with Crippen LogP contribution in [0.25, 0.3) is 0 Å². The fourth-order valence-corrected chi connectivity index (χ4v) is 3.42. The molecule has 2 rings (SSSR count). The summed E-state index contributed by atoms with van der Waals surface area (Å²) in [7, 11) is 0. The van der Waals surface area contributed by atoms with Crippen molar-refractivity contribution in [3.8, 4) is 0 Å². The lowest BCUT2D eigenvalue weighted by Gasteiger charge is -2.34. The van der Waals surface area contributed by atoms with Crippen molar-refractivity contribution in [3.63, 3.8) is 0 Å². The normalized spacial score (nSPS) is 15.0. The molecule has 25 heavy (non-hydrogen) atoms. The lowest BCUT2D eigenvalue weighted by Crippen LogP contribution is -2.51. The molecule has 136 valence electrons. The Kier molecular flexibility index (Phi) is 7.90. The van der Waals surface area contributed by atoms with Gasteiger partial charge in [0.1, 0.15) is 0 Å². The van der Waals surface area contributed by atoms with Crippen LogP contribution in [-0.2, 0) is 9.59 Å². The van der Waals surface area contributed by atoms with E-state index in [0.29, 0.717) is 38.6 Å². The Hall–Kier alpha value is -1.90. The van der Waals surface area contributed by atoms with Crippen LogP contribution in [0.5, 0.6) is 0 Å². The van der Waals surface area contributed by atoms with E-state index in [1.54, 1.807) is 4.90 Å². The summed E-state index contributed by atoms with van der Waals surface area (Å²) in [6, 6.07) is 7.66. The van der Waals surface area contributed by atoms with Crippen LogP contribution < -0.4 is 5.32 Å². The maximum Gasteiger partial charge on any atom is 0.234 e. The van der Waals surface area contributed by atoms with Crippen LogP contribution in [0.15, 0.2) is 34.2 Å². The Balaban J connectivity index is 1.68. The van der Waals surface area contributed by atoms with Crippen LogP contribution in [0.3, 0.4) is 0 Å². The molecule has 2 N–H and O–H groups in total. The maximum absolute atomic E-state index is 12.1. The lowest BCUT2D eigenvalue weighted by molar-refractivity contribution is -0.133. The lowest BCUT2D eigenvalue weighted by atomic mass is 10.3. The zero-order valence-corrected chi connectivity index (χ0v) is 15.0. The monoisotopic (exact) mass is 364 g/mol. The summed E-state index contributed by atoms with van der Waals surface area (Å²) >= 11 is 1.51. The van der Waals surface area contributed by atoms with Crippen molar-refractivity contribution in [2.45, 2.75) is 11.3 Å². The molecule has 8 heteroatoms. The number of rotatable bonds is 8. The van der Waals surface area contributed by atoms with Crippen molar-refractivity contribution in [2.75, 3.05) is 45.2 Å². The molecule has 1 saturated heterocycles. The van der Waals surface area contributed by atoms with Gasteiger partial charge in [-0.25, -0.2) is 0 Å². The molecule has 0 unspecified atom stereocenters. The molecule has 7 nitrogen and oxygen atoms in total. The molecule has 0 spiro atoms. The molecular weight excluding hydrogens is 340 g/mol. The molecule has 2 amide bonds. The second-order valence-corrected chi connectivity index (χ2v) is 6.66. The standard InChI is InChI=1S/C17H24N4O3S/c1-18-14-4-2-3-5-15(14)25-13-19-16(23)12-20-7-9-21(10-8-20)17(24)6-11-22/h2-5,22H,1,6-13H2,(H,19,23). The fraction of sp³-hybridized carbons (Fsp3) is 0.471. The summed E-state index contributed by atoms with van der Waals surface area (Å²) in [6.07, 6.45) is 0.165. The zero-order chi connectivity index (χ0) is 18.1. The molecule has 1 aliphatic heterocycles. The van der Waals surface area contributed by atoms with Crippen molar-refractivity contribution in [1.29, 1.82) is 0 Å². The maximum atomic E-state index is 12.1. The number of hydrogen-bond acceptors (Lipinski definition) is 6. The number of piperazine rings is 1. The summed E-state index contributed by atoms with van der Waals surface area (Å²) in [6.45, 7) is 6.27. The van der Waals surface area contributed by atoms with E-state index in [-0.39, 0.29) is 24.8 Å². The van der Waals surface area contributed by atoms with E-state index in [9.17, 15) is 9.59 Å². The number of para-hydroxylation sites is 1. The minimum Gasteiger partial charge on any atom is -0.396 e. The number of thioether (sulfide) groups is 1. The van der Waals surface area contributed by atoms with E-state index >= 15 is 0 Å². The minimum absolute atomic E-state index is 0.0301. The van der Waals surface area contributed by atoms with E-state index in [2.05, 4.69) is 17.0 Å². The van der Waals surface area contributed by atoms with Gasteiger partial charge in [0.15, 0.2) is 0 Å². The topological polar surface area (TPSA) is 85.2 Å². The smallest absolute Gasteiger partial charge is 0.234 e. The predicted octanol–water partition coefficient (Wildman–Crippen LogP) is 0.711. The number of aliphatic hydroxyl groups excluding tert-OH is 1. The molecule has 0 saturated carbocycles. The second kappa shape index (κ2) is 10.2. The molecule has 0 atom stereocenters. The summed E-state index contributed by atoms with van der Waals surface area (Å²) in [5, 5.41) is 11.7. The van der Waals surface area contributed by atoms with Crippen molar-refractivity contribution in [1.82, 2.24) is 15.1 Å². The second-order valence-electron chi connectivity index (χ2n) is 5.65. The number of carbonyl (C=O) groups is 2. The molecule has 0 aromatic heterocycles. The van der Waals surface area contributed by atoms with Gasteiger partial charge in [-0.05, 0) is 18.9 Å². The first-order valence-electron chi connectivity index (χ1n) is 8.20. The van der Waals surface area contributed by atoms with Crippen LogP contribution >= 0.6 is 11.8 Å². The van der Waals surface area contributed by atoms with Crippen molar-refractivity contribution >= 4 is 36.0 Å². The van der Waals surface area contributed by atoms with Gasteiger partial charge in [0.2, 0.25) is 11.8 Å². The van der Waals surface area contributed by atoms with Gasteiger partial charge in [-0.3, -0.25) is 19.5 Å². The largest absolute Gasteiger partial charge is 0.396 e. The number of aliphatic imine (C=N–C) groups is 1. The first kappa shape index (κ1) is 19.4. The highest BCUT2D eigenvalue weighted by atomic mass is 32.2. The summed E-state index contributed by atoms with van der Waals surface area (Å²) in [5.41, 5.74) is 0.811. The SMILES string of the molecule is C=Nc1ccccc1SCNC(=O)CN1CCN(C(=O)CCO)CC1. The van der Waals surface area contributed by atoms with Crippen LogP contribution in [0.4, 0.5) is 5.69 Å². The van der Waals surface area contributed by atoms with Gasteiger partial charge in [-0.2, -0.15) is 0 Å². The Morgan fingerprint density at radius 3 is 2.64 bits per heavy atom. The Bertz CT molecular complexity index is 603. The number of aliphatic hydroxyl groups is 1. The quantitative estimate of drug-likeness (QED) is 0.403. The molecule has 0 radical (unpaired) electrons. The van der Waals surface area contributed by atoms with E-state index in [0.717, 1.165) is 10.6 Å². The summed E-state index contributed by atoms with van der Waals surface area (Å²) < 4.78 is 0. The van der Waals surface area contributed by atoms with Crippen LogP contribution in [-0.4, -0.2) is 78.6 Å². The zero-order valence-electron chi connectivity index (χ0n) is 14.2. The third-order valence-electron chi connectivity index (χ3n) is 3.95. The average molecular weight is 364 g/mol. The number of amides is 2. The number of nitrogens with one attached hydrogen (secondary N) is 1. The Morgan fingerprint density at radius 1 is 1.24 bits per heavy atom. The number of carbonyl (C=O) groups excluding carboxylic acids is 2. The van der Waals surface area contributed by atoms with Gasteiger partial charge in [-0.15, -0.1) is 11.8 Å². The first-order valence-corrected chi connectivity index (χ1v) is 9.19. The van der Waals surface area contributed by atoms with Gasteiger partial charge >= 0.3 is 0 Å².